The van der Waals surface area contributed by atoms with E-state index >= 15 is 0 Å². The van der Waals surface area contributed by atoms with Crippen LogP contribution in [0.4, 0.5) is 0 Å². The van der Waals surface area contributed by atoms with Crippen LogP contribution in [0.25, 0.3) is 0 Å². The van der Waals surface area contributed by atoms with Crippen LogP contribution in [0.2, 0.25) is 9.36 Å². The molecule has 1 unspecified atom stereocenters. The molecule has 5 heteroatoms. The Morgan fingerprint density at radius 2 is 2.05 bits per heavy atom. The smallest absolute Gasteiger partial charge is 0.0931 e. The third-order valence-electron chi connectivity index (χ3n) is 3.03. The minimum atomic E-state index is 0.203. The maximum absolute atomic E-state index is 6.43. The molecule has 0 radical (unpaired) electrons. The van der Waals surface area contributed by atoms with E-state index in [0.717, 1.165) is 38.8 Å². The Balaban J connectivity index is 2.24. The van der Waals surface area contributed by atoms with Crippen LogP contribution in [-0.4, -0.2) is 6.54 Å². The van der Waals surface area contributed by atoms with Crippen molar-refractivity contribution >= 4 is 50.5 Å². The maximum atomic E-state index is 6.43. The minimum Gasteiger partial charge on any atom is -0.310 e. The second-order valence-electron chi connectivity index (χ2n) is 4.56. The number of thiophene rings is 1. The molecule has 20 heavy (non-hydrogen) atoms. The summed E-state index contributed by atoms with van der Waals surface area (Å²) >= 11 is 17.6. The third kappa shape index (κ3) is 4.22. The fourth-order valence-corrected chi connectivity index (χ4v) is 3.84. The Kier molecular flexibility index (Phi) is 6.37. The zero-order valence-electron chi connectivity index (χ0n) is 11.1. The van der Waals surface area contributed by atoms with Crippen molar-refractivity contribution in [2.75, 3.05) is 6.54 Å². The lowest BCUT2D eigenvalue weighted by Crippen LogP contribution is -2.24. The van der Waals surface area contributed by atoms with Crippen LogP contribution in [0.15, 0.2) is 34.8 Å². The predicted octanol–water partition coefficient (Wildman–Crippen LogP) is 6.10. The van der Waals surface area contributed by atoms with Crippen molar-refractivity contribution in [1.29, 1.82) is 0 Å². The number of hydrogen-bond acceptors (Lipinski definition) is 2. The van der Waals surface area contributed by atoms with Gasteiger partial charge in [0.2, 0.25) is 0 Å². The highest BCUT2D eigenvalue weighted by molar-refractivity contribution is 9.10. The van der Waals surface area contributed by atoms with Crippen molar-refractivity contribution in [3.63, 3.8) is 0 Å². The van der Waals surface area contributed by atoms with Crippen LogP contribution in [-0.2, 0) is 6.42 Å². The van der Waals surface area contributed by atoms with Gasteiger partial charge in [0.25, 0.3) is 0 Å². The van der Waals surface area contributed by atoms with Gasteiger partial charge in [-0.25, -0.2) is 0 Å². The van der Waals surface area contributed by atoms with E-state index in [9.17, 15) is 0 Å². The van der Waals surface area contributed by atoms with E-state index in [1.54, 1.807) is 11.3 Å². The summed E-state index contributed by atoms with van der Waals surface area (Å²) in [4.78, 5) is 1.26. The summed E-state index contributed by atoms with van der Waals surface area (Å²) in [6, 6.07) is 10.3. The van der Waals surface area contributed by atoms with Crippen LogP contribution in [0.3, 0.4) is 0 Å². The minimum absolute atomic E-state index is 0.203. The lowest BCUT2D eigenvalue weighted by atomic mass is 10.0. The molecule has 2 aromatic rings. The van der Waals surface area contributed by atoms with Gasteiger partial charge in [-0.3, -0.25) is 0 Å². The van der Waals surface area contributed by atoms with E-state index in [2.05, 4.69) is 40.3 Å². The SMILES string of the molecule is CCCNC(Cc1ccc(Cl)s1)c1cccc(Br)c1Cl. The quantitative estimate of drug-likeness (QED) is 0.625. The number of nitrogens with one attached hydrogen (secondary N) is 1. The average Bonchev–Trinajstić information content (AvgIpc) is 2.83. The first-order chi connectivity index (χ1) is 9.61. The highest BCUT2D eigenvalue weighted by atomic mass is 79.9. The van der Waals surface area contributed by atoms with Crippen molar-refractivity contribution in [3.8, 4) is 0 Å². The average molecular weight is 393 g/mol. The van der Waals surface area contributed by atoms with Crippen LogP contribution >= 0.6 is 50.5 Å². The van der Waals surface area contributed by atoms with Crippen molar-refractivity contribution in [3.05, 3.63) is 54.6 Å². The van der Waals surface area contributed by atoms with E-state index in [1.807, 2.05) is 18.2 Å². The van der Waals surface area contributed by atoms with E-state index in [1.165, 1.54) is 4.88 Å². The molecule has 1 aromatic carbocycles. The van der Waals surface area contributed by atoms with Crippen molar-refractivity contribution in [2.45, 2.75) is 25.8 Å². The van der Waals surface area contributed by atoms with Gasteiger partial charge in [-0.15, -0.1) is 11.3 Å². The lowest BCUT2D eigenvalue weighted by molar-refractivity contribution is 0.532. The Labute approximate surface area is 142 Å². The van der Waals surface area contributed by atoms with Gasteiger partial charge in [0.1, 0.15) is 0 Å². The molecule has 1 atom stereocenters. The summed E-state index contributed by atoms with van der Waals surface area (Å²) in [7, 11) is 0. The van der Waals surface area contributed by atoms with E-state index in [-0.39, 0.29) is 6.04 Å². The number of hydrogen-bond donors (Lipinski definition) is 1. The molecule has 1 heterocycles. The summed E-state index contributed by atoms with van der Waals surface area (Å²) < 4.78 is 1.76. The molecule has 0 saturated carbocycles. The largest absolute Gasteiger partial charge is 0.310 e. The number of halogens is 3. The Bertz CT molecular complexity index is 571. The zero-order valence-corrected chi connectivity index (χ0v) is 15.0. The van der Waals surface area contributed by atoms with Gasteiger partial charge in [-0.2, -0.15) is 0 Å². The molecule has 108 valence electrons. The van der Waals surface area contributed by atoms with Gasteiger partial charge < -0.3 is 5.32 Å². The van der Waals surface area contributed by atoms with Gasteiger partial charge in [-0.1, -0.05) is 42.3 Å². The van der Waals surface area contributed by atoms with E-state index < -0.39 is 0 Å². The van der Waals surface area contributed by atoms with Gasteiger partial charge in [-0.05, 0) is 52.7 Å². The van der Waals surface area contributed by atoms with Gasteiger partial charge >= 0.3 is 0 Å². The molecule has 0 aliphatic carbocycles. The van der Waals surface area contributed by atoms with Gasteiger partial charge in [0.15, 0.2) is 0 Å². The van der Waals surface area contributed by atoms with E-state index in [4.69, 9.17) is 23.2 Å². The standard InChI is InChI=1S/C15H16BrCl2NS/c1-2-8-19-13(9-10-6-7-14(17)20-10)11-4-3-5-12(16)15(11)18/h3-7,13,19H,2,8-9H2,1H3. The molecule has 1 aromatic heterocycles. The molecule has 0 fully saturated rings. The van der Waals surface area contributed by atoms with Gasteiger partial charge in [0, 0.05) is 21.8 Å². The molecular weight excluding hydrogens is 377 g/mol. The molecule has 0 aliphatic rings. The summed E-state index contributed by atoms with van der Waals surface area (Å²) in [5.74, 6) is 0. The first-order valence-corrected chi connectivity index (χ1v) is 8.90. The molecule has 0 spiro atoms. The first kappa shape index (κ1) is 16.3. The van der Waals surface area contributed by atoms with Crippen LogP contribution < -0.4 is 5.32 Å². The molecule has 1 nitrogen and oxygen atoms in total. The van der Waals surface area contributed by atoms with Crippen molar-refractivity contribution in [2.24, 2.45) is 0 Å². The fraction of sp³-hybridized carbons (Fsp3) is 0.333. The normalized spacial score (nSPS) is 12.6. The van der Waals surface area contributed by atoms with Crippen LogP contribution in [0, 0.1) is 0 Å². The first-order valence-electron chi connectivity index (χ1n) is 6.53. The van der Waals surface area contributed by atoms with Crippen molar-refractivity contribution in [1.82, 2.24) is 5.32 Å². The number of benzene rings is 1. The van der Waals surface area contributed by atoms with E-state index in [0.29, 0.717) is 0 Å². The van der Waals surface area contributed by atoms with Gasteiger partial charge in [0.05, 0.1) is 9.36 Å². The lowest BCUT2D eigenvalue weighted by Gasteiger charge is -2.20. The molecular formula is C15H16BrCl2NS. The highest BCUT2D eigenvalue weighted by Crippen LogP contribution is 2.33. The molecule has 0 saturated heterocycles. The molecule has 2 rings (SSSR count). The third-order valence-corrected chi connectivity index (χ3v) is 5.60. The molecule has 1 N–H and O–H groups in total. The maximum Gasteiger partial charge on any atom is 0.0931 e. The summed E-state index contributed by atoms with van der Waals surface area (Å²) in [5.41, 5.74) is 1.12. The Hall–Kier alpha value is -0.0600. The monoisotopic (exact) mass is 391 g/mol. The molecule has 0 aliphatic heterocycles. The Morgan fingerprint density at radius 1 is 1.25 bits per heavy atom. The summed E-state index contributed by atoms with van der Waals surface area (Å²) in [5, 5.41) is 4.35. The van der Waals surface area contributed by atoms with Crippen LogP contribution in [0.5, 0.6) is 0 Å². The topological polar surface area (TPSA) is 12.0 Å². The second kappa shape index (κ2) is 7.81. The highest BCUT2D eigenvalue weighted by Gasteiger charge is 2.17. The predicted molar refractivity (Wildman–Crippen MR) is 93.2 cm³/mol. The number of rotatable bonds is 6. The van der Waals surface area contributed by atoms with Crippen LogP contribution in [0.1, 0.15) is 29.8 Å². The second-order valence-corrected chi connectivity index (χ2v) is 7.59. The van der Waals surface area contributed by atoms with Crippen molar-refractivity contribution < 1.29 is 0 Å². The summed E-state index contributed by atoms with van der Waals surface area (Å²) in [6.45, 7) is 3.13. The molecule has 0 bridgehead atoms. The zero-order chi connectivity index (χ0) is 14.5. The Morgan fingerprint density at radius 3 is 2.70 bits per heavy atom. The fourth-order valence-electron chi connectivity index (χ4n) is 2.06. The molecule has 0 amide bonds. The summed E-state index contributed by atoms with van der Waals surface area (Å²) in [6.07, 6.45) is 1.99.